The topological polar surface area (TPSA) is 97.3 Å². The predicted molar refractivity (Wildman–Crippen MR) is 106 cm³/mol. The third-order valence-electron chi connectivity index (χ3n) is 4.79. The van der Waals surface area contributed by atoms with Crippen LogP contribution in [0.3, 0.4) is 0 Å². The lowest BCUT2D eigenvalue weighted by Crippen LogP contribution is -2.65. The minimum atomic E-state index is -1.33. The third kappa shape index (κ3) is 5.85. The molecule has 0 saturated carbocycles. The van der Waals surface area contributed by atoms with E-state index in [2.05, 4.69) is 5.32 Å². The number of hydrogen-bond donors (Lipinski definition) is 3. The van der Waals surface area contributed by atoms with Crippen molar-refractivity contribution in [1.29, 1.82) is 0 Å². The lowest BCUT2D eigenvalue weighted by Gasteiger charge is -2.44. The highest BCUT2D eigenvalue weighted by Crippen LogP contribution is 2.27. The van der Waals surface area contributed by atoms with Gasteiger partial charge in [0, 0.05) is 6.92 Å². The Labute approximate surface area is 170 Å². The summed E-state index contributed by atoms with van der Waals surface area (Å²) in [5.74, 6) is -0.324. The van der Waals surface area contributed by atoms with Gasteiger partial charge in [-0.1, -0.05) is 60.7 Å². The summed E-state index contributed by atoms with van der Waals surface area (Å²) in [6.07, 6.45) is -3.53. The number of nitrogens with one attached hydrogen (secondary N) is 1. The van der Waals surface area contributed by atoms with E-state index in [1.165, 1.54) is 6.92 Å². The Morgan fingerprint density at radius 2 is 1.48 bits per heavy atom. The van der Waals surface area contributed by atoms with Crippen LogP contribution in [0.4, 0.5) is 0 Å². The van der Waals surface area contributed by atoms with E-state index in [-0.39, 0.29) is 25.7 Å². The maximum atomic E-state index is 11.7. The fourth-order valence-electron chi connectivity index (χ4n) is 3.39. The summed E-state index contributed by atoms with van der Waals surface area (Å²) in [5, 5.41) is 22.9. The highest BCUT2D eigenvalue weighted by atomic mass is 16.6. The summed E-state index contributed by atoms with van der Waals surface area (Å²) < 4.78 is 17.7. The molecule has 1 unspecified atom stereocenters. The van der Waals surface area contributed by atoms with Crippen molar-refractivity contribution in [2.75, 3.05) is 6.61 Å². The molecule has 0 aromatic heterocycles. The van der Waals surface area contributed by atoms with Crippen LogP contribution in [-0.2, 0) is 32.2 Å². The molecule has 0 aliphatic carbocycles. The number of hydrogen-bond acceptors (Lipinski definition) is 6. The fraction of sp³-hybridized carbons (Fsp3) is 0.409. The first kappa shape index (κ1) is 21.4. The van der Waals surface area contributed by atoms with Crippen LogP contribution in [0.25, 0.3) is 0 Å². The lowest BCUT2D eigenvalue weighted by atomic mass is 9.96. The van der Waals surface area contributed by atoms with Crippen molar-refractivity contribution >= 4 is 5.91 Å². The Bertz CT molecular complexity index is 756. The molecule has 5 atom stereocenters. The smallest absolute Gasteiger partial charge is 0.217 e. The average molecular weight is 401 g/mol. The van der Waals surface area contributed by atoms with Crippen molar-refractivity contribution in [3.8, 4) is 0 Å². The number of aliphatic hydroxyl groups excluding tert-OH is 2. The third-order valence-corrected chi connectivity index (χ3v) is 4.79. The SMILES string of the molecule is CC(=O)N[C@H]1C(O)O[C@H](CO)[C@@H](OCc2ccccc2)[C@@H]1OCc1ccccc1. The summed E-state index contributed by atoms with van der Waals surface area (Å²) in [6, 6.07) is 18.3. The first-order chi connectivity index (χ1) is 14.1. The zero-order chi connectivity index (χ0) is 20.6. The van der Waals surface area contributed by atoms with Crippen molar-refractivity contribution in [2.24, 2.45) is 0 Å². The molecule has 1 saturated heterocycles. The van der Waals surface area contributed by atoms with Crippen LogP contribution in [0, 0.1) is 0 Å². The summed E-state index contributed by atoms with van der Waals surface area (Å²) in [4.78, 5) is 11.7. The molecule has 0 spiro atoms. The number of carbonyl (C=O) groups is 1. The van der Waals surface area contributed by atoms with Gasteiger partial charge in [-0.3, -0.25) is 4.79 Å². The van der Waals surface area contributed by atoms with Gasteiger partial charge in [-0.2, -0.15) is 0 Å². The molecule has 2 aromatic rings. The Hall–Kier alpha value is -2.29. The molecule has 7 heteroatoms. The number of carbonyl (C=O) groups excluding carboxylic acids is 1. The molecule has 3 rings (SSSR count). The molecule has 1 aliphatic heterocycles. The van der Waals surface area contributed by atoms with Gasteiger partial charge in [0.25, 0.3) is 0 Å². The van der Waals surface area contributed by atoms with E-state index in [0.717, 1.165) is 11.1 Å². The summed E-state index contributed by atoms with van der Waals surface area (Å²) in [6.45, 7) is 1.55. The van der Waals surface area contributed by atoms with Gasteiger partial charge in [-0.15, -0.1) is 0 Å². The molecule has 3 N–H and O–H groups in total. The van der Waals surface area contributed by atoms with Crippen LogP contribution in [0.5, 0.6) is 0 Å². The highest BCUT2D eigenvalue weighted by Gasteiger charge is 2.47. The number of benzene rings is 2. The van der Waals surface area contributed by atoms with E-state index < -0.39 is 30.6 Å². The van der Waals surface area contributed by atoms with Crippen molar-refractivity contribution in [3.63, 3.8) is 0 Å². The predicted octanol–water partition coefficient (Wildman–Crippen LogP) is 1.37. The summed E-state index contributed by atoms with van der Waals surface area (Å²) in [7, 11) is 0. The van der Waals surface area contributed by atoms with Crippen LogP contribution in [-0.4, -0.2) is 53.4 Å². The quantitative estimate of drug-likeness (QED) is 0.618. The molecular weight excluding hydrogens is 374 g/mol. The molecule has 1 aliphatic rings. The Kier molecular flexibility index (Phi) is 7.74. The maximum Gasteiger partial charge on any atom is 0.217 e. The van der Waals surface area contributed by atoms with Gasteiger partial charge < -0.3 is 29.7 Å². The monoisotopic (exact) mass is 401 g/mol. The molecule has 0 bridgehead atoms. The summed E-state index contributed by atoms with van der Waals surface area (Å²) in [5.41, 5.74) is 1.89. The van der Waals surface area contributed by atoms with Gasteiger partial charge >= 0.3 is 0 Å². The molecule has 156 valence electrons. The van der Waals surface area contributed by atoms with Crippen LogP contribution < -0.4 is 5.32 Å². The van der Waals surface area contributed by atoms with Gasteiger partial charge in [0.05, 0.1) is 19.8 Å². The minimum absolute atomic E-state index is 0.262. The Balaban J connectivity index is 1.80. The van der Waals surface area contributed by atoms with Crippen LogP contribution in [0.2, 0.25) is 0 Å². The molecule has 1 heterocycles. The highest BCUT2D eigenvalue weighted by molar-refractivity contribution is 5.73. The lowest BCUT2D eigenvalue weighted by molar-refractivity contribution is -0.275. The van der Waals surface area contributed by atoms with Gasteiger partial charge in [-0.25, -0.2) is 0 Å². The zero-order valence-corrected chi connectivity index (χ0v) is 16.3. The second-order valence-electron chi connectivity index (χ2n) is 7.00. The van der Waals surface area contributed by atoms with Gasteiger partial charge in [-0.05, 0) is 11.1 Å². The molecular formula is C22H27NO6. The first-order valence-electron chi connectivity index (χ1n) is 9.61. The number of amides is 1. The minimum Gasteiger partial charge on any atom is -0.394 e. The summed E-state index contributed by atoms with van der Waals surface area (Å²) >= 11 is 0. The standard InChI is InChI=1S/C22H27NO6/c1-15(25)23-19-21(28-14-17-10-6-3-7-11-17)20(18(12-24)29-22(19)26)27-13-16-8-4-2-5-9-16/h2-11,18-22,24,26H,12-14H2,1H3,(H,23,25)/t18-,19-,20-,21-,22?/m1/s1. The Morgan fingerprint density at radius 3 is 1.97 bits per heavy atom. The van der Waals surface area contributed by atoms with Crippen molar-refractivity contribution in [2.45, 2.75) is 50.8 Å². The van der Waals surface area contributed by atoms with E-state index in [1.807, 2.05) is 60.7 Å². The molecule has 2 aromatic carbocycles. The van der Waals surface area contributed by atoms with Crippen molar-refractivity contribution < 1.29 is 29.2 Å². The van der Waals surface area contributed by atoms with Gasteiger partial charge in [0.2, 0.25) is 5.91 Å². The van der Waals surface area contributed by atoms with Gasteiger partial charge in [0.15, 0.2) is 6.29 Å². The van der Waals surface area contributed by atoms with Crippen molar-refractivity contribution in [3.05, 3.63) is 71.8 Å². The largest absolute Gasteiger partial charge is 0.394 e. The van der Waals surface area contributed by atoms with E-state index in [0.29, 0.717) is 0 Å². The first-order valence-corrected chi connectivity index (χ1v) is 9.61. The molecule has 29 heavy (non-hydrogen) atoms. The fourth-order valence-corrected chi connectivity index (χ4v) is 3.39. The second kappa shape index (κ2) is 10.5. The van der Waals surface area contributed by atoms with Crippen LogP contribution in [0.15, 0.2) is 60.7 Å². The molecule has 1 amide bonds. The van der Waals surface area contributed by atoms with E-state index >= 15 is 0 Å². The maximum absolute atomic E-state index is 11.7. The normalized spacial score (nSPS) is 26.8. The van der Waals surface area contributed by atoms with E-state index in [9.17, 15) is 15.0 Å². The number of aliphatic hydroxyl groups is 2. The van der Waals surface area contributed by atoms with Crippen molar-refractivity contribution in [1.82, 2.24) is 5.32 Å². The zero-order valence-electron chi connectivity index (χ0n) is 16.3. The number of rotatable bonds is 8. The molecule has 0 radical (unpaired) electrons. The molecule has 1 fully saturated rings. The van der Waals surface area contributed by atoms with Crippen LogP contribution in [0.1, 0.15) is 18.1 Å². The number of ether oxygens (including phenoxy) is 3. The van der Waals surface area contributed by atoms with E-state index in [1.54, 1.807) is 0 Å². The molecule has 7 nitrogen and oxygen atoms in total. The Morgan fingerprint density at radius 1 is 0.966 bits per heavy atom. The van der Waals surface area contributed by atoms with E-state index in [4.69, 9.17) is 14.2 Å². The van der Waals surface area contributed by atoms with Crippen LogP contribution >= 0.6 is 0 Å². The average Bonchev–Trinajstić information content (AvgIpc) is 2.74. The van der Waals surface area contributed by atoms with Gasteiger partial charge in [0.1, 0.15) is 24.4 Å². The second-order valence-corrected chi connectivity index (χ2v) is 7.00.